The zero-order valence-electron chi connectivity index (χ0n) is 14.9. The Kier molecular flexibility index (Phi) is 11.7. The molecular formula is C18H34O2. The first-order valence-corrected chi connectivity index (χ1v) is 7.45. The summed E-state index contributed by atoms with van der Waals surface area (Å²) in [6, 6.07) is 10.7. The molecular weight excluding hydrogens is 248 g/mol. The third-order valence-electron chi connectivity index (χ3n) is 3.42. The van der Waals surface area contributed by atoms with E-state index in [1.807, 2.05) is 27.7 Å². The van der Waals surface area contributed by atoms with Crippen molar-refractivity contribution in [3.05, 3.63) is 35.9 Å². The molecule has 0 N–H and O–H groups in total. The highest BCUT2D eigenvalue weighted by atomic mass is 16.7. The van der Waals surface area contributed by atoms with Crippen LogP contribution < -0.4 is 0 Å². The van der Waals surface area contributed by atoms with Gasteiger partial charge in [-0.2, -0.15) is 0 Å². The lowest BCUT2D eigenvalue weighted by atomic mass is 9.82. The lowest BCUT2D eigenvalue weighted by Gasteiger charge is -2.22. The lowest BCUT2D eigenvalue weighted by Crippen LogP contribution is -2.24. The van der Waals surface area contributed by atoms with Gasteiger partial charge < -0.3 is 9.47 Å². The summed E-state index contributed by atoms with van der Waals surface area (Å²) in [7, 11) is 3.23. The van der Waals surface area contributed by atoms with Crippen LogP contribution >= 0.6 is 0 Å². The molecule has 0 heterocycles. The van der Waals surface area contributed by atoms with Gasteiger partial charge in [0.25, 0.3) is 0 Å². The molecule has 0 atom stereocenters. The van der Waals surface area contributed by atoms with Crippen LogP contribution in [0.4, 0.5) is 0 Å². The summed E-state index contributed by atoms with van der Waals surface area (Å²) in [6.07, 6.45) is 1.19. The van der Waals surface area contributed by atoms with Crippen LogP contribution in [0, 0.1) is 0 Å². The molecule has 0 spiro atoms. The normalized spacial score (nSPS) is 10.8. The van der Waals surface area contributed by atoms with Gasteiger partial charge >= 0.3 is 0 Å². The van der Waals surface area contributed by atoms with Gasteiger partial charge in [0.05, 0.1) is 0 Å². The fraction of sp³-hybridized carbons (Fsp3) is 0.667. The van der Waals surface area contributed by atoms with Crippen molar-refractivity contribution in [1.82, 2.24) is 0 Å². The zero-order valence-corrected chi connectivity index (χ0v) is 14.9. The molecule has 0 saturated carbocycles. The topological polar surface area (TPSA) is 18.5 Å². The molecule has 118 valence electrons. The minimum atomic E-state index is -0.417. The van der Waals surface area contributed by atoms with E-state index >= 15 is 0 Å². The average Bonchev–Trinajstić information content (AvgIpc) is 2.51. The maximum Gasteiger partial charge on any atom is 0.161 e. The number of methoxy groups -OCH3 is 2. The molecule has 0 aliphatic heterocycles. The Balaban J connectivity index is 0. The van der Waals surface area contributed by atoms with Crippen LogP contribution in [0.15, 0.2) is 30.3 Å². The van der Waals surface area contributed by atoms with Crippen molar-refractivity contribution in [2.45, 2.75) is 66.1 Å². The summed E-state index contributed by atoms with van der Waals surface area (Å²) in [5.74, 6) is -0.417. The van der Waals surface area contributed by atoms with Gasteiger partial charge in [-0.1, -0.05) is 65.0 Å². The highest BCUT2D eigenvalue weighted by molar-refractivity contribution is 5.22. The molecule has 0 aromatic heterocycles. The fourth-order valence-corrected chi connectivity index (χ4v) is 1.18. The SMILES string of the molecule is CC.CCC(C)(C)c1ccccc1.COC(C)(C)OC. The quantitative estimate of drug-likeness (QED) is 0.687. The predicted octanol–water partition coefficient (Wildman–Crippen LogP) is 5.42. The summed E-state index contributed by atoms with van der Waals surface area (Å²) >= 11 is 0. The minimum Gasteiger partial charge on any atom is -0.354 e. The third kappa shape index (κ3) is 9.11. The van der Waals surface area contributed by atoms with Gasteiger partial charge in [-0.15, -0.1) is 0 Å². The molecule has 20 heavy (non-hydrogen) atoms. The van der Waals surface area contributed by atoms with Crippen LogP contribution in [0.5, 0.6) is 0 Å². The smallest absolute Gasteiger partial charge is 0.161 e. The van der Waals surface area contributed by atoms with Gasteiger partial charge in [0.1, 0.15) is 0 Å². The maximum atomic E-state index is 4.86. The van der Waals surface area contributed by atoms with Gasteiger partial charge in [-0.25, -0.2) is 0 Å². The first kappa shape index (κ1) is 21.4. The second kappa shape index (κ2) is 10.9. The third-order valence-corrected chi connectivity index (χ3v) is 3.42. The van der Waals surface area contributed by atoms with Crippen LogP contribution in [0.25, 0.3) is 0 Å². The number of ether oxygens (including phenoxy) is 2. The fourth-order valence-electron chi connectivity index (χ4n) is 1.18. The monoisotopic (exact) mass is 282 g/mol. The molecule has 0 bridgehead atoms. The zero-order chi connectivity index (χ0) is 16.2. The van der Waals surface area contributed by atoms with Crippen LogP contribution in [0.1, 0.15) is 60.5 Å². The van der Waals surface area contributed by atoms with Crippen LogP contribution in [-0.2, 0) is 14.9 Å². The average molecular weight is 282 g/mol. The van der Waals surface area contributed by atoms with Gasteiger partial charge in [0.15, 0.2) is 5.79 Å². The van der Waals surface area contributed by atoms with Crippen molar-refractivity contribution in [1.29, 1.82) is 0 Å². The maximum absolute atomic E-state index is 4.86. The standard InChI is InChI=1S/C11H16.C5H12O2.C2H6/c1-4-11(2,3)10-8-6-5-7-9-10;1-5(2,6-3)7-4;1-2/h5-9H,4H2,1-3H3;1-4H3;1-2H3. The van der Waals surface area contributed by atoms with Crippen LogP contribution in [0.2, 0.25) is 0 Å². The molecule has 0 aliphatic carbocycles. The van der Waals surface area contributed by atoms with E-state index in [-0.39, 0.29) is 0 Å². The summed E-state index contributed by atoms with van der Waals surface area (Å²) in [4.78, 5) is 0. The summed E-state index contributed by atoms with van der Waals surface area (Å²) in [6.45, 7) is 14.5. The number of hydrogen-bond acceptors (Lipinski definition) is 2. The Hall–Kier alpha value is -0.860. The molecule has 0 fully saturated rings. The number of rotatable bonds is 4. The Morgan fingerprint density at radius 2 is 1.25 bits per heavy atom. The Morgan fingerprint density at radius 1 is 0.850 bits per heavy atom. The van der Waals surface area contributed by atoms with E-state index in [0.29, 0.717) is 5.41 Å². The summed E-state index contributed by atoms with van der Waals surface area (Å²) in [5, 5.41) is 0. The van der Waals surface area contributed by atoms with Crippen molar-refractivity contribution in [3.8, 4) is 0 Å². The van der Waals surface area contributed by atoms with Crippen molar-refractivity contribution < 1.29 is 9.47 Å². The Morgan fingerprint density at radius 3 is 1.50 bits per heavy atom. The van der Waals surface area contributed by atoms with E-state index in [9.17, 15) is 0 Å². The molecule has 0 radical (unpaired) electrons. The molecule has 2 heteroatoms. The van der Waals surface area contributed by atoms with E-state index in [0.717, 1.165) is 0 Å². The summed E-state index contributed by atoms with van der Waals surface area (Å²) < 4.78 is 9.73. The minimum absolute atomic E-state index is 0.335. The first-order chi connectivity index (χ1) is 9.29. The van der Waals surface area contributed by atoms with E-state index in [1.165, 1.54) is 12.0 Å². The van der Waals surface area contributed by atoms with Crippen molar-refractivity contribution in [2.24, 2.45) is 0 Å². The van der Waals surface area contributed by atoms with E-state index in [4.69, 9.17) is 9.47 Å². The highest BCUT2D eigenvalue weighted by Gasteiger charge is 2.16. The van der Waals surface area contributed by atoms with Crippen molar-refractivity contribution >= 4 is 0 Å². The molecule has 0 saturated heterocycles. The lowest BCUT2D eigenvalue weighted by molar-refractivity contribution is -0.178. The van der Waals surface area contributed by atoms with Gasteiger partial charge in [0.2, 0.25) is 0 Å². The molecule has 0 amide bonds. The summed E-state index contributed by atoms with van der Waals surface area (Å²) in [5.41, 5.74) is 1.77. The van der Waals surface area contributed by atoms with Gasteiger partial charge in [-0.05, 0) is 31.2 Å². The largest absolute Gasteiger partial charge is 0.354 e. The van der Waals surface area contributed by atoms with Gasteiger partial charge in [0, 0.05) is 14.2 Å². The Bertz CT molecular complexity index is 309. The molecule has 1 rings (SSSR count). The van der Waals surface area contributed by atoms with Crippen LogP contribution in [-0.4, -0.2) is 20.0 Å². The Labute approximate surface area is 126 Å². The number of hydrogen-bond donors (Lipinski definition) is 0. The first-order valence-electron chi connectivity index (χ1n) is 7.45. The van der Waals surface area contributed by atoms with E-state index in [1.54, 1.807) is 14.2 Å². The van der Waals surface area contributed by atoms with Crippen molar-refractivity contribution in [3.63, 3.8) is 0 Å². The number of benzene rings is 1. The predicted molar refractivity (Wildman–Crippen MR) is 89.2 cm³/mol. The van der Waals surface area contributed by atoms with E-state index < -0.39 is 5.79 Å². The molecule has 2 nitrogen and oxygen atoms in total. The molecule has 1 aromatic carbocycles. The molecule has 1 aromatic rings. The second-order valence-corrected chi connectivity index (χ2v) is 5.41. The van der Waals surface area contributed by atoms with E-state index in [2.05, 4.69) is 51.1 Å². The molecule has 0 unspecified atom stereocenters. The molecule has 0 aliphatic rings. The highest BCUT2D eigenvalue weighted by Crippen LogP contribution is 2.25. The van der Waals surface area contributed by atoms with Crippen LogP contribution in [0.3, 0.4) is 0 Å². The second-order valence-electron chi connectivity index (χ2n) is 5.41. The van der Waals surface area contributed by atoms with Crippen molar-refractivity contribution in [2.75, 3.05) is 14.2 Å². The van der Waals surface area contributed by atoms with Gasteiger partial charge in [-0.3, -0.25) is 0 Å².